The number of likely N-dealkylation sites (N-methyl/N-ethyl adjacent to an activating group) is 1. The monoisotopic (exact) mass is 323 g/mol. The van der Waals surface area contributed by atoms with E-state index in [1.54, 1.807) is 0 Å². The van der Waals surface area contributed by atoms with E-state index < -0.39 is 0 Å². The van der Waals surface area contributed by atoms with Gasteiger partial charge >= 0.3 is 0 Å². The molecule has 18 heavy (non-hydrogen) atoms. The molecular weight excluding hydrogens is 310 g/mol. The lowest BCUT2D eigenvalue weighted by Crippen LogP contribution is -2.18. The summed E-state index contributed by atoms with van der Waals surface area (Å²) < 4.78 is 0.933. The van der Waals surface area contributed by atoms with Crippen LogP contribution < -0.4 is 5.32 Å². The molecule has 0 aliphatic carbocycles. The van der Waals surface area contributed by atoms with Crippen molar-refractivity contribution in [2.75, 3.05) is 7.05 Å². The Morgan fingerprint density at radius 2 is 1.89 bits per heavy atom. The summed E-state index contributed by atoms with van der Waals surface area (Å²) >= 11 is 9.56. The second-order valence-electron chi connectivity index (χ2n) is 4.20. The van der Waals surface area contributed by atoms with Gasteiger partial charge in [-0.3, -0.25) is 0 Å². The molecule has 0 bridgehead atoms. The number of hydrogen-bond acceptors (Lipinski definition) is 1. The minimum atomic E-state index is 0.276. The first-order valence-corrected chi connectivity index (χ1v) is 7.04. The molecule has 0 aliphatic heterocycles. The fourth-order valence-electron chi connectivity index (χ4n) is 1.97. The number of hydrogen-bond donors (Lipinski definition) is 1. The van der Waals surface area contributed by atoms with Crippen molar-refractivity contribution < 1.29 is 0 Å². The molecular formula is C15H15BrClN. The van der Waals surface area contributed by atoms with E-state index in [1.165, 1.54) is 11.1 Å². The van der Waals surface area contributed by atoms with Gasteiger partial charge in [0.05, 0.1) is 5.02 Å². The summed E-state index contributed by atoms with van der Waals surface area (Å²) in [6, 6.07) is 16.8. The molecule has 0 saturated heterocycles. The number of nitrogens with one attached hydrogen (secondary N) is 1. The molecule has 2 rings (SSSR count). The van der Waals surface area contributed by atoms with Crippen LogP contribution in [0.2, 0.25) is 5.02 Å². The van der Waals surface area contributed by atoms with Crippen LogP contribution in [0.5, 0.6) is 0 Å². The fraction of sp³-hybridized carbons (Fsp3) is 0.200. The van der Waals surface area contributed by atoms with E-state index >= 15 is 0 Å². The van der Waals surface area contributed by atoms with Crippen molar-refractivity contribution in [3.05, 3.63) is 69.2 Å². The first-order chi connectivity index (χ1) is 8.70. The highest BCUT2D eigenvalue weighted by molar-refractivity contribution is 9.10. The fourth-order valence-corrected chi connectivity index (χ4v) is 2.40. The first kappa shape index (κ1) is 13.6. The molecule has 3 heteroatoms. The SMILES string of the molecule is CNC(Cc1ccccc1)c1ccc(Br)c(Cl)c1. The van der Waals surface area contributed by atoms with Gasteiger partial charge < -0.3 is 5.32 Å². The molecule has 0 heterocycles. The molecule has 94 valence electrons. The van der Waals surface area contributed by atoms with E-state index in [0.29, 0.717) is 0 Å². The van der Waals surface area contributed by atoms with Gasteiger partial charge in [-0.15, -0.1) is 0 Å². The zero-order valence-corrected chi connectivity index (χ0v) is 12.5. The van der Waals surface area contributed by atoms with Crippen LogP contribution in [-0.2, 0) is 6.42 Å². The van der Waals surface area contributed by atoms with Gasteiger partial charge in [-0.1, -0.05) is 48.0 Å². The standard InChI is InChI=1S/C15H15BrClN/c1-18-15(9-11-5-3-2-4-6-11)12-7-8-13(16)14(17)10-12/h2-8,10,15,18H,9H2,1H3. The molecule has 1 atom stereocenters. The van der Waals surface area contributed by atoms with Crippen molar-refractivity contribution in [1.29, 1.82) is 0 Å². The summed E-state index contributed by atoms with van der Waals surface area (Å²) in [4.78, 5) is 0. The molecule has 0 aromatic heterocycles. The van der Waals surface area contributed by atoms with Gasteiger partial charge in [0.15, 0.2) is 0 Å². The lowest BCUT2D eigenvalue weighted by molar-refractivity contribution is 0.592. The third kappa shape index (κ3) is 3.35. The summed E-state index contributed by atoms with van der Waals surface area (Å²) in [6.45, 7) is 0. The quantitative estimate of drug-likeness (QED) is 0.866. The van der Waals surface area contributed by atoms with Gasteiger partial charge in [-0.05, 0) is 52.7 Å². The normalized spacial score (nSPS) is 12.4. The van der Waals surface area contributed by atoms with E-state index in [-0.39, 0.29) is 6.04 Å². The zero-order chi connectivity index (χ0) is 13.0. The summed E-state index contributed by atoms with van der Waals surface area (Å²) in [5.74, 6) is 0. The molecule has 0 fully saturated rings. The van der Waals surface area contributed by atoms with Crippen LogP contribution in [0.1, 0.15) is 17.2 Å². The Kier molecular flexibility index (Phi) is 4.81. The van der Waals surface area contributed by atoms with Crippen LogP contribution in [0.4, 0.5) is 0 Å². The smallest absolute Gasteiger partial charge is 0.0551 e. The van der Waals surface area contributed by atoms with Gasteiger partial charge in [0.25, 0.3) is 0 Å². The molecule has 1 N–H and O–H groups in total. The summed E-state index contributed by atoms with van der Waals surface area (Å²) in [6.07, 6.45) is 0.954. The third-order valence-corrected chi connectivity index (χ3v) is 4.21. The molecule has 0 amide bonds. The Balaban J connectivity index is 2.20. The highest BCUT2D eigenvalue weighted by Crippen LogP contribution is 2.27. The number of halogens is 2. The molecule has 0 saturated carbocycles. The average Bonchev–Trinajstić information content (AvgIpc) is 2.40. The van der Waals surface area contributed by atoms with Gasteiger partial charge in [0.2, 0.25) is 0 Å². The maximum Gasteiger partial charge on any atom is 0.0551 e. The van der Waals surface area contributed by atoms with E-state index in [0.717, 1.165) is 15.9 Å². The van der Waals surface area contributed by atoms with Crippen molar-refractivity contribution in [2.24, 2.45) is 0 Å². The van der Waals surface area contributed by atoms with Crippen molar-refractivity contribution in [3.63, 3.8) is 0 Å². The molecule has 1 nitrogen and oxygen atoms in total. The van der Waals surface area contributed by atoms with Crippen LogP contribution in [0, 0.1) is 0 Å². The highest BCUT2D eigenvalue weighted by atomic mass is 79.9. The van der Waals surface area contributed by atoms with Crippen LogP contribution in [-0.4, -0.2) is 7.05 Å². The van der Waals surface area contributed by atoms with Crippen molar-refractivity contribution in [2.45, 2.75) is 12.5 Å². The molecule has 0 spiro atoms. The van der Waals surface area contributed by atoms with Gasteiger partial charge in [-0.25, -0.2) is 0 Å². The van der Waals surface area contributed by atoms with Crippen molar-refractivity contribution >= 4 is 27.5 Å². The van der Waals surface area contributed by atoms with Crippen LogP contribution in [0.25, 0.3) is 0 Å². The Hall–Kier alpha value is -0.830. The lowest BCUT2D eigenvalue weighted by Gasteiger charge is -2.17. The van der Waals surface area contributed by atoms with Crippen molar-refractivity contribution in [1.82, 2.24) is 5.32 Å². The van der Waals surface area contributed by atoms with Crippen LogP contribution >= 0.6 is 27.5 Å². The van der Waals surface area contributed by atoms with Crippen LogP contribution in [0.3, 0.4) is 0 Å². The average molecular weight is 325 g/mol. The lowest BCUT2D eigenvalue weighted by atomic mass is 9.99. The Morgan fingerprint density at radius 3 is 2.50 bits per heavy atom. The minimum absolute atomic E-state index is 0.276. The summed E-state index contributed by atoms with van der Waals surface area (Å²) in [5.41, 5.74) is 2.52. The second kappa shape index (κ2) is 6.37. The van der Waals surface area contributed by atoms with E-state index in [1.807, 2.05) is 25.2 Å². The zero-order valence-electron chi connectivity index (χ0n) is 10.2. The van der Waals surface area contributed by atoms with Gasteiger partial charge in [0, 0.05) is 10.5 Å². The van der Waals surface area contributed by atoms with Gasteiger partial charge in [0.1, 0.15) is 0 Å². The number of benzene rings is 2. The van der Waals surface area contributed by atoms with Gasteiger partial charge in [-0.2, -0.15) is 0 Å². The predicted molar refractivity (Wildman–Crippen MR) is 81.1 cm³/mol. The summed E-state index contributed by atoms with van der Waals surface area (Å²) in [7, 11) is 1.98. The molecule has 2 aromatic carbocycles. The Bertz CT molecular complexity index is 513. The predicted octanol–water partition coefficient (Wildman–Crippen LogP) is 4.61. The Labute approximate surface area is 121 Å². The van der Waals surface area contributed by atoms with E-state index in [9.17, 15) is 0 Å². The molecule has 1 unspecified atom stereocenters. The second-order valence-corrected chi connectivity index (χ2v) is 5.47. The minimum Gasteiger partial charge on any atom is -0.313 e. The van der Waals surface area contributed by atoms with E-state index in [4.69, 9.17) is 11.6 Å². The number of rotatable bonds is 4. The van der Waals surface area contributed by atoms with Crippen LogP contribution in [0.15, 0.2) is 53.0 Å². The molecule has 0 radical (unpaired) electrons. The maximum absolute atomic E-state index is 6.14. The first-order valence-electron chi connectivity index (χ1n) is 5.87. The Morgan fingerprint density at radius 1 is 1.17 bits per heavy atom. The third-order valence-electron chi connectivity index (χ3n) is 2.98. The van der Waals surface area contributed by atoms with E-state index in [2.05, 4.69) is 51.6 Å². The summed E-state index contributed by atoms with van der Waals surface area (Å²) in [5, 5.41) is 4.09. The maximum atomic E-state index is 6.14. The largest absolute Gasteiger partial charge is 0.313 e. The highest BCUT2D eigenvalue weighted by Gasteiger charge is 2.11. The molecule has 2 aromatic rings. The van der Waals surface area contributed by atoms with Crippen molar-refractivity contribution in [3.8, 4) is 0 Å². The topological polar surface area (TPSA) is 12.0 Å². The molecule has 0 aliphatic rings.